The van der Waals surface area contributed by atoms with E-state index in [4.69, 9.17) is 0 Å². The van der Waals surface area contributed by atoms with Crippen molar-refractivity contribution in [3.8, 4) is 0 Å². The van der Waals surface area contributed by atoms with E-state index in [0.717, 1.165) is 10.0 Å². The average molecular weight is 296 g/mol. The Hall–Kier alpha value is -1.13. The number of carbonyl (C=O) groups is 1. The van der Waals surface area contributed by atoms with Gasteiger partial charge in [0.2, 0.25) is 0 Å². The summed E-state index contributed by atoms with van der Waals surface area (Å²) in [6, 6.07) is 9.52. The molecule has 1 heterocycles. The standard InChI is InChI=1S/C13H14BrNO2/c14-11-6-7-12(13(16)17)15(9-11)8-10-4-2-1-3-5-10/h1-6,12H,7-9H2,(H,16,17). The van der Waals surface area contributed by atoms with Crippen molar-refractivity contribution in [1.29, 1.82) is 0 Å². The molecule has 0 amide bonds. The van der Waals surface area contributed by atoms with Crippen LogP contribution in [0.2, 0.25) is 0 Å². The van der Waals surface area contributed by atoms with Crippen molar-refractivity contribution >= 4 is 21.9 Å². The van der Waals surface area contributed by atoms with Crippen LogP contribution in [0.3, 0.4) is 0 Å². The van der Waals surface area contributed by atoms with E-state index in [0.29, 0.717) is 19.5 Å². The second-order valence-electron chi connectivity index (χ2n) is 4.13. The lowest BCUT2D eigenvalue weighted by Crippen LogP contribution is -2.43. The molecule has 0 saturated carbocycles. The van der Waals surface area contributed by atoms with Gasteiger partial charge in [-0.25, -0.2) is 0 Å². The summed E-state index contributed by atoms with van der Waals surface area (Å²) in [6.07, 6.45) is 2.50. The molecule has 0 fully saturated rings. The fraction of sp³-hybridized carbons (Fsp3) is 0.308. The van der Waals surface area contributed by atoms with Crippen LogP contribution in [0.25, 0.3) is 0 Å². The lowest BCUT2D eigenvalue weighted by Gasteiger charge is -2.31. The van der Waals surface area contributed by atoms with E-state index in [1.54, 1.807) is 0 Å². The van der Waals surface area contributed by atoms with E-state index < -0.39 is 12.0 Å². The fourth-order valence-corrected chi connectivity index (χ4v) is 2.51. The summed E-state index contributed by atoms with van der Waals surface area (Å²) < 4.78 is 1.06. The van der Waals surface area contributed by atoms with Crippen molar-refractivity contribution in [2.75, 3.05) is 6.54 Å². The molecular weight excluding hydrogens is 282 g/mol. The van der Waals surface area contributed by atoms with Crippen LogP contribution < -0.4 is 0 Å². The Morgan fingerprint density at radius 1 is 1.41 bits per heavy atom. The highest BCUT2D eigenvalue weighted by Gasteiger charge is 2.28. The molecule has 1 unspecified atom stereocenters. The van der Waals surface area contributed by atoms with Gasteiger partial charge >= 0.3 is 5.97 Å². The smallest absolute Gasteiger partial charge is 0.321 e. The van der Waals surface area contributed by atoms with Crippen LogP contribution in [0.15, 0.2) is 40.9 Å². The van der Waals surface area contributed by atoms with Crippen LogP contribution >= 0.6 is 15.9 Å². The molecule has 1 aromatic carbocycles. The fourth-order valence-electron chi connectivity index (χ4n) is 2.00. The first-order chi connectivity index (χ1) is 8.16. The molecule has 0 spiro atoms. The second kappa shape index (κ2) is 5.47. The summed E-state index contributed by atoms with van der Waals surface area (Å²) in [5.74, 6) is -0.753. The third-order valence-corrected chi connectivity index (χ3v) is 3.45. The number of halogens is 1. The van der Waals surface area contributed by atoms with E-state index in [-0.39, 0.29) is 0 Å². The molecule has 0 saturated heterocycles. The molecule has 3 nitrogen and oxygen atoms in total. The number of carboxylic acid groups (broad SMARTS) is 1. The number of carboxylic acids is 1. The van der Waals surface area contributed by atoms with Gasteiger partial charge in [0.1, 0.15) is 6.04 Å². The van der Waals surface area contributed by atoms with Gasteiger partial charge in [-0.2, -0.15) is 0 Å². The Bertz CT molecular complexity index is 430. The summed E-state index contributed by atoms with van der Waals surface area (Å²) in [6.45, 7) is 1.33. The molecule has 17 heavy (non-hydrogen) atoms. The number of aliphatic carboxylic acids is 1. The number of nitrogens with zero attached hydrogens (tertiary/aromatic N) is 1. The predicted molar refractivity (Wildman–Crippen MR) is 69.9 cm³/mol. The molecule has 1 aliphatic rings. The molecule has 0 radical (unpaired) electrons. The lowest BCUT2D eigenvalue weighted by molar-refractivity contribution is -0.143. The van der Waals surface area contributed by atoms with Gasteiger partial charge in [-0.05, 0) is 12.0 Å². The largest absolute Gasteiger partial charge is 0.480 e. The van der Waals surface area contributed by atoms with Crippen LogP contribution in [-0.2, 0) is 11.3 Å². The zero-order valence-corrected chi connectivity index (χ0v) is 10.9. The van der Waals surface area contributed by atoms with Crippen LogP contribution in [0, 0.1) is 0 Å². The third kappa shape index (κ3) is 3.17. The Morgan fingerprint density at radius 2 is 2.12 bits per heavy atom. The molecule has 90 valence electrons. The summed E-state index contributed by atoms with van der Waals surface area (Å²) in [5, 5.41) is 9.19. The van der Waals surface area contributed by atoms with Crippen molar-refractivity contribution in [2.45, 2.75) is 19.0 Å². The molecule has 1 N–H and O–H groups in total. The first-order valence-electron chi connectivity index (χ1n) is 5.52. The Kier molecular flexibility index (Phi) is 3.97. The number of rotatable bonds is 3. The Morgan fingerprint density at radius 3 is 2.76 bits per heavy atom. The van der Waals surface area contributed by atoms with Gasteiger partial charge in [-0.15, -0.1) is 0 Å². The first-order valence-corrected chi connectivity index (χ1v) is 6.31. The summed E-state index contributed by atoms with van der Waals surface area (Å²) in [4.78, 5) is 13.1. The van der Waals surface area contributed by atoms with Gasteiger partial charge in [-0.3, -0.25) is 9.69 Å². The van der Waals surface area contributed by atoms with Crippen LogP contribution in [0.1, 0.15) is 12.0 Å². The zero-order valence-electron chi connectivity index (χ0n) is 9.34. The van der Waals surface area contributed by atoms with Crippen molar-refractivity contribution in [1.82, 2.24) is 4.90 Å². The zero-order chi connectivity index (χ0) is 12.3. The SMILES string of the molecule is O=C(O)C1CC=C(Br)CN1Cc1ccccc1. The third-order valence-electron chi connectivity index (χ3n) is 2.87. The number of benzene rings is 1. The van der Waals surface area contributed by atoms with Gasteiger partial charge in [-0.1, -0.05) is 52.3 Å². The maximum atomic E-state index is 11.2. The van der Waals surface area contributed by atoms with E-state index in [1.807, 2.05) is 41.3 Å². The van der Waals surface area contributed by atoms with E-state index in [9.17, 15) is 9.90 Å². The van der Waals surface area contributed by atoms with E-state index in [2.05, 4.69) is 15.9 Å². The maximum Gasteiger partial charge on any atom is 0.321 e. The van der Waals surface area contributed by atoms with Crippen molar-refractivity contribution in [3.63, 3.8) is 0 Å². The highest BCUT2D eigenvalue weighted by atomic mass is 79.9. The summed E-state index contributed by atoms with van der Waals surface area (Å²) in [7, 11) is 0. The normalized spacial score (nSPS) is 21.0. The van der Waals surface area contributed by atoms with Crippen LogP contribution in [0.5, 0.6) is 0 Å². The van der Waals surface area contributed by atoms with Crippen molar-refractivity contribution in [2.24, 2.45) is 0 Å². The van der Waals surface area contributed by atoms with Gasteiger partial charge in [0.25, 0.3) is 0 Å². The highest BCUT2D eigenvalue weighted by molar-refractivity contribution is 9.11. The minimum atomic E-state index is -0.753. The van der Waals surface area contributed by atoms with Gasteiger partial charge in [0, 0.05) is 17.6 Å². The highest BCUT2D eigenvalue weighted by Crippen LogP contribution is 2.22. The molecule has 0 aromatic heterocycles. The topological polar surface area (TPSA) is 40.5 Å². The second-order valence-corrected chi connectivity index (χ2v) is 5.15. The molecule has 2 rings (SSSR count). The lowest BCUT2D eigenvalue weighted by atomic mass is 10.1. The minimum absolute atomic E-state index is 0.420. The van der Waals surface area contributed by atoms with Crippen molar-refractivity contribution in [3.05, 3.63) is 46.5 Å². The quantitative estimate of drug-likeness (QED) is 0.932. The molecule has 0 aliphatic carbocycles. The molecule has 4 heteroatoms. The minimum Gasteiger partial charge on any atom is -0.480 e. The summed E-state index contributed by atoms with van der Waals surface area (Å²) in [5.41, 5.74) is 1.14. The van der Waals surface area contributed by atoms with Crippen LogP contribution in [0.4, 0.5) is 0 Å². The van der Waals surface area contributed by atoms with Crippen LogP contribution in [-0.4, -0.2) is 28.6 Å². The van der Waals surface area contributed by atoms with Gasteiger partial charge in [0.05, 0.1) is 0 Å². The molecule has 1 aliphatic heterocycles. The van der Waals surface area contributed by atoms with Gasteiger partial charge < -0.3 is 5.11 Å². The Balaban J connectivity index is 2.12. The average Bonchev–Trinajstić information content (AvgIpc) is 2.30. The maximum absolute atomic E-state index is 11.2. The predicted octanol–water partition coefficient (Wildman–Crippen LogP) is 2.62. The molecule has 1 aromatic rings. The monoisotopic (exact) mass is 295 g/mol. The molecule has 0 bridgehead atoms. The van der Waals surface area contributed by atoms with E-state index >= 15 is 0 Å². The van der Waals surface area contributed by atoms with E-state index in [1.165, 1.54) is 0 Å². The number of hydrogen-bond donors (Lipinski definition) is 1. The number of hydrogen-bond acceptors (Lipinski definition) is 2. The molecule has 1 atom stereocenters. The first kappa shape index (κ1) is 12.3. The van der Waals surface area contributed by atoms with Gasteiger partial charge in [0.15, 0.2) is 0 Å². The molecular formula is C13H14BrNO2. The Labute approximate surface area is 109 Å². The van der Waals surface area contributed by atoms with Crippen molar-refractivity contribution < 1.29 is 9.90 Å². The summed E-state index contributed by atoms with van der Waals surface area (Å²) >= 11 is 3.45.